The van der Waals surface area contributed by atoms with E-state index in [1.54, 1.807) is 10.7 Å². The highest BCUT2D eigenvalue weighted by molar-refractivity contribution is 9.10. The standard InChI is InChI=1S/C19H17BrFN5OS/c1-10-3-5-12(6-4-10)16-17(28-19-24-23-11(2)26(19)25-16)18(27)22-15-8-7-13(20)9-14(15)21/h3-9,16-17,25H,1-2H3,(H,22,27)/t16-,17-/m0/s1. The number of hydrogen-bond donors (Lipinski definition) is 2. The number of nitrogens with one attached hydrogen (secondary N) is 2. The predicted molar refractivity (Wildman–Crippen MR) is 110 cm³/mol. The molecule has 0 radical (unpaired) electrons. The molecule has 0 saturated carbocycles. The minimum absolute atomic E-state index is 0.139. The molecule has 4 rings (SSSR count). The number of halogens is 2. The van der Waals surface area contributed by atoms with E-state index in [2.05, 4.69) is 36.9 Å². The van der Waals surface area contributed by atoms with E-state index in [1.807, 2.05) is 38.1 Å². The van der Waals surface area contributed by atoms with Gasteiger partial charge in [-0.1, -0.05) is 57.5 Å². The zero-order valence-electron chi connectivity index (χ0n) is 15.1. The van der Waals surface area contributed by atoms with Gasteiger partial charge in [-0.15, -0.1) is 10.2 Å². The lowest BCUT2D eigenvalue weighted by molar-refractivity contribution is -0.116. The third-order valence-corrected chi connectivity index (χ3v) is 6.19. The van der Waals surface area contributed by atoms with Crippen molar-refractivity contribution in [2.75, 3.05) is 10.7 Å². The maximum atomic E-state index is 14.2. The first-order chi connectivity index (χ1) is 13.4. The maximum Gasteiger partial charge on any atom is 0.240 e. The summed E-state index contributed by atoms with van der Waals surface area (Å²) in [6.07, 6.45) is 0. The first-order valence-corrected chi connectivity index (χ1v) is 10.3. The molecule has 0 fully saturated rings. The molecule has 2 atom stereocenters. The highest BCUT2D eigenvalue weighted by Gasteiger charge is 2.37. The van der Waals surface area contributed by atoms with Gasteiger partial charge in [-0.2, -0.15) is 0 Å². The summed E-state index contributed by atoms with van der Waals surface area (Å²) in [5, 5.41) is 10.9. The molecule has 28 heavy (non-hydrogen) atoms. The Morgan fingerprint density at radius 1 is 1.21 bits per heavy atom. The number of thioether (sulfide) groups is 1. The highest BCUT2D eigenvalue weighted by Crippen LogP contribution is 2.37. The molecule has 3 aromatic rings. The fourth-order valence-electron chi connectivity index (χ4n) is 2.98. The van der Waals surface area contributed by atoms with Gasteiger partial charge in [0.05, 0.1) is 11.7 Å². The van der Waals surface area contributed by atoms with Gasteiger partial charge in [0.25, 0.3) is 0 Å². The summed E-state index contributed by atoms with van der Waals surface area (Å²) in [5.41, 5.74) is 5.55. The van der Waals surface area contributed by atoms with Gasteiger partial charge in [0.1, 0.15) is 16.9 Å². The molecule has 144 valence electrons. The molecule has 0 aliphatic carbocycles. The van der Waals surface area contributed by atoms with Gasteiger partial charge in [-0.3, -0.25) is 4.79 Å². The van der Waals surface area contributed by atoms with Gasteiger partial charge in [0, 0.05) is 4.47 Å². The minimum atomic E-state index is -0.554. The van der Waals surface area contributed by atoms with Gasteiger partial charge >= 0.3 is 0 Å². The molecule has 1 aliphatic heterocycles. The molecule has 0 bridgehead atoms. The lowest BCUT2D eigenvalue weighted by Crippen LogP contribution is -2.41. The minimum Gasteiger partial charge on any atom is -0.323 e. The molecule has 0 unspecified atom stereocenters. The van der Waals surface area contributed by atoms with Crippen molar-refractivity contribution >= 4 is 39.3 Å². The third kappa shape index (κ3) is 3.64. The molecule has 2 aromatic carbocycles. The Bertz CT molecular complexity index is 1040. The van der Waals surface area contributed by atoms with Gasteiger partial charge in [-0.25, -0.2) is 9.07 Å². The van der Waals surface area contributed by atoms with Crippen LogP contribution in [0.2, 0.25) is 0 Å². The van der Waals surface area contributed by atoms with Gasteiger partial charge in [0.2, 0.25) is 11.1 Å². The molecule has 0 spiro atoms. The van der Waals surface area contributed by atoms with Crippen LogP contribution in [-0.4, -0.2) is 26.0 Å². The summed E-state index contributed by atoms with van der Waals surface area (Å²) in [7, 11) is 0. The summed E-state index contributed by atoms with van der Waals surface area (Å²) < 4.78 is 16.6. The maximum absolute atomic E-state index is 14.2. The molecule has 1 amide bonds. The topological polar surface area (TPSA) is 71.8 Å². The van der Waals surface area contributed by atoms with Crippen molar-refractivity contribution < 1.29 is 9.18 Å². The van der Waals surface area contributed by atoms with Crippen LogP contribution in [0.25, 0.3) is 0 Å². The van der Waals surface area contributed by atoms with E-state index in [1.165, 1.54) is 23.9 Å². The van der Waals surface area contributed by atoms with E-state index < -0.39 is 11.1 Å². The van der Waals surface area contributed by atoms with Crippen LogP contribution in [0, 0.1) is 19.7 Å². The summed E-state index contributed by atoms with van der Waals surface area (Å²) >= 11 is 4.53. The molecule has 0 saturated heterocycles. The Kier molecular flexibility index (Phi) is 5.11. The van der Waals surface area contributed by atoms with Crippen LogP contribution >= 0.6 is 27.7 Å². The Hall–Kier alpha value is -2.39. The molecule has 2 heterocycles. The molecular weight excluding hydrogens is 445 g/mol. The second kappa shape index (κ2) is 7.56. The van der Waals surface area contributed by atoms with Crippen LogP contribution in [0.4, 0.5) is 10.1 Å². The Morgan fingerprint density at radius 3 is 2.68 bits per heavy atom. The number of rotatable bonds is 3. The molecule has 1 aromatic heterocycles. The van der Waals surface area contributed by atoms with Crippen LogP contribution in [0.5, 0.6) is 0 Å². The van der Waals surface area contributed by atoms with E-state index in [-0.39, 0.29) is 17.6 Å². The van der Waals surface area contributed by atoms with E-state index in [9.17, 15) is 9.18 Å². The number of anilines is 1. The predicted octanol–water partition coefficient (Wildman–Crippen LogP) is 4.19. The van der Waals surface area contributed by atoms with Crippen molar-refractivity contribution in [2.45, 2.75) is 30.3 Å². The lowest BCUT2D eigenvalue weighted by atomic mass is 10.0. The molecule has 6 nitrogen and oxygen atoms in total. The second-order valence-corrected chi connectivity index (χ2v) is 8.56. The van der Waals surface area contributed by atoms with Crippen molar-refractivity contribution in [1.29, 1.82) is 0 Å². The average molecular weight is 462 g/mol. The van der Waals surface area contributed by atoms with Crippen LogP contribution < -0.4 is 10.7 Å². The smallest absolute Gasteiger partial charge is 0.240 e. The summed E-state index contributed by atoms with van der Waals surface area (Å²) in [6, 6.07) is 12.2. The lowest BCUT2D eigenvalue weighted by Gasteiger charge is -2.32. The molecular formula is C19H17BrFN5OS. The third-order valence-electron chi connectivity index (χ3n) is 4.48. The average Bonchev–Trinajstić information content (AvgIpc) is 3.04. The Balaban J connectivity index is 1.67. The second-order valence-electron chi connectivity index (χ2n) is 6.53. The van der Waals surface area contributed by atoms with E-state index in [0.717, 1.165) is 11.1 Å². The summed E-state index contributed by atoms with van der Waals surface area (Å²) in [5.74, 6) is -0.101. The summed E-state index contributed by atoms with van der Waals surface area (Å²) in [4.78, 5) is 13.1. The quantitative estimate of drug-likeness (QED) is 0.611. The Morgan fingerprint density at radius 2 is 1.96 bits per heavy atom. The first kappa shape index (κ1) is 18.9. The van der Waals surface area contributed by atoms with Crippen molar-refractivity contribution in [1.82, 2.24) is 14.9 Å². The monoisotopic (exact) mass is 461 g/mol. The van der Waals surface area contributed by atoms with Gasteiger partial charge in [-0.05, 0) is 37.6 Å². The SMILES string of the molecule is Cc1ccc([C@@H]2Nn3c(C)nnc3S[C@@H]2C(=O)Nc2ccc(Br)cc2F)cc1. The van der Waals surface area contributed by atoms with Crippen LogP contribution in [0.1, 0.15) is 23.0 Å². The summed E-state index contributed by atoms with van der Waals surface area (Å²) in [6.45, 7) is 3.85. The number of fused-ring (bicyclic) bond motifs is 1. The number of aromatic nitrogens is 3. The molecule has 2 N–H and O–H groups in total. The fourth-order valence-corrected chi connectivity index (χ4v) is 4.44. The number of carbonyl (C=O) groups excluding carboxylic acids is 1. The zero-order valence-corrected chi connectivity index (χ0v) is 17.5. The van der Waals surface area contributed by atoms with Crippen molar-refractivity contribution in [3.8, 4) is 0 Å². The van der Waals surface area contributed by atoms with Crippen LogP contribution in [0.3, 0.4) is 0 Å². The van der Waals surface area contributed by atoms with E-state index >= 15 is 0 Å². The van der Waals surface area contributed by atoms with Crippen LogP contribution in [0.15, 0.2) is 52.1 Å². The van der Waals surface area contributed by atoms with Crippen LogP contribution in [-0.2, 0) is 4.79 Å². The number of benzene rings is 2. The highest BCUT2D eigenvalue weighted by atomic mass is 79.9. The number of aryl methyl sites for hydroxylation is 2. The fraction of sp³-hybridized carbons (Fsp3) is 0.211. The zero-order chi connectivity index (χ0) is 19.8. The number of nitrogens with zero attached hydrogens (tertiary/aromatic N) is 3. The van der Waals surface area contributed by atoms with Crippen molar-refractivity contribution in [2.24, 2.45) is 0 Å². The number of carbonyl (C=O) groups is 1. The van der Waals surface area contributed by atoms with Crippen molar-refractivity contribution in [3.05, 3.63) is 69.7 Å². The van der Waals surface area contributed by atoms with Gasteiger partial charge in [0.15, 0.2) is 0 Å². The van der Waals surface area contributed by atoms with E-state index in [0.29, 0.717) is 15.5 Å². The first-order valence-electron chi connectivity index (χ1n) is 8.60. The number of hydrogen-bond acceptors (Lipinski definition) is 5. The Labute approximate surface area is 174 Å². The molecule has 1 aliphatic rings. The van der Waals surface area contributed by atoms with Gasteiger partial charge < -0.3 is 10.7 Å². The van der Waals surface area contributed by atoms with E-state index in [4.69, 9.17) is 0 Å². The van der Waals surface area contributed by atoms with Crippen molar-refractivity contribution in [3.63, 3.8) is 0 Å². The number of amides is 1. The molecule has 9 heteroatoms. The normalized spacial score (nSPS) is 18.3. The largest absolute Gasteiger partial charge is 0.323 e.